The summed E-state index contributed by atoms with van der Waals surface area (Å²) in [5, 5.41) is 20.3. The molecule has 13 heavy (non-hydrogen) atoms. The van der Waals surface area contributed by atoms with Crippen LogP contribution in [-0.4, -0.2) is 29.6 Å². The zero-order chi connectivity index (χ0) is 10.1. The van der Waals surface area contributed by atoms with E-state index in [-0.39, 0.29) is 13.1 Å². The van der Waals surface area contributed by atoms with Crippen molar-refractivity contribution < 1.29 is 0 Å². The smallest absolute Gasteiger partial charge is 0.170 e. The minimum absolute atomic E-state index is 0.156. The quantitative estimate of drug-likeness (QED) is 0.527. The van der Waals surface area contributed by atoms with Gasteiger partial charge in [0.1, 0.15) is 13.1 Å². The lowest BCUT2D eigenvalue weighted by Crippen LogP contribution is -2.40. The van der Waals surface area contributed by atoms with Crippen molar-refractivity contribution >= 4 is 17.3 Å². The molecule has 1 N–H and O–H groups in total. The minimum atomic E-state index is 0.156. The second-order valence-electron chi connectivity index (χ2n) is 2.40. The monoisotopic (exact) mass is 196 g/mol. The predicted octanol–water partition coefficient (Wildman–Crippen LogP) is 0.620. The summed E-state index contributed by atoms with van der Waals surface area (Å²) < 4.78 is 0. The molecule has 0 amide bonds. The molecule has 0 heterocycles. The van der Waals surface area contributed by atoms with E-state index in [4.69, 9.17) is 22.7 Å². The Balaban J connectivity index is 3.98. The number of hydrogen-bond donors (Lipinski definition) is 1. The van der Waals surface area contributed by atoms with E-state index in [1.807, 2.05) is 19.1 Å². The lowest BCUT2D eigenvalue weighted by molar-refractivity contribution is 0.510. The van der Waals surface area contributed by atoms with Crippen LogP contribution in [0.25, 0.3) is 0 Å². The van der Waals surface area contributed by atoms with Crippen molar-refractivity contribution in [1.82, 2.24) is 10.2 Å². The maximum absolute atomic E-state index is 8.45. The van der Waals surface area contributed by atoms with Crippen LogP contribution in [0.4, 0.5) is 0 Å². The summed E-state index contributed by atoms with van der Waals surface area (Å²) in [6, 6.07) is 3.91. The van der Waals surface area contributed by atoms with Crippen molar-refractivity contribution in [2.45, 2.75) is 13.3 Å². The Hall–Kier alpha value is -1.33. The molecular weight excluding hydrogens is 184 g/mol. The van der Waals surface area contributed by atoms with Crippen LogP contribution in [0.1, 0.15) is 13.3 Å². The third-order valence-electron chi connectivity index (χ3n) is 1.34. The van der Waals surface area contributed by atoms with Gasteiger partial charge in [-0.2, -0.15) is 10.5 Å². The van der Waals surface area contributed by atoms with Gasteiger partial charge in [-0.05, 0) is 18.6 Å². The van der Waals surface area contributed by atoms with Crippen molar-refractivity contribution in [3.8, 4) is 12.1 Å². The maximum atomic E-state index is 8.45. The van der Waals surface area contributed by atoms with E-state index < -0.39 is 0 Å². The van der Waals surface area contributed by atoms with Gasteiger partial charge in [0.2, 0.25) is 0 Å². The van der Waals surface area contributed by atoms with E-state index in [1.165, 1.54) is 4.90 Å². The molecule has 4 nitrogen and oxygen atoms in total. The standard InChI is InChI=1S/C8H12N4S/c1-2-5-11-8(13)12(6-3-9)7-4-10/h2,5-7H2,1H3,(H,11,13). The molecule has 0 bridgehead atoms. The first-order valence-electron chi connectivity index (χ1n) is 4.03. The molecule has 0 aliphatic carbocycles. The number of nitriles is 2. The Morgan fingerprint density at radius 1 is 1.38 bits per heavy atom. The summed E-state index contributed by atoms with van der Waals surface area (Å²) in [5.41, 5.74) is 0. The molecular formula is C8H12N4S. The van der Waals surface area contributed by atoms with Crippen LogP contribution >= 0.6 is 12.2 Å². The second kappa shape index (κ2) is 7.33. The predicted molar refractivity (Wildman–Crippen MR) is 53.7 cm³/mol. The summed E-state index contributed by atoms with van der Waals surface area (Å²) in [6.45, 7) is 3.10. The van der Waals surface area contributed by atoms with E-state index in [9.17, 15) is 0 Å². The fraction of sp³-hybridized carbons (Fsp3) is 0.625. The van der Waals surface area contributed by atoms with E-state index in [0.29, 0.717) is 5.11 Å². The van der Waals surface area contributed by atoms with Crippen molar-refractivity contribution in [3.05, 3.63) is 0 Å². The maximum Gasteiger partial charge on any atom is 0.170 e. The first-order valence-corrected chi connectivity index (χ1v) is 4.43. The van der Waals surface area contributed by atoms with Gasteiger partial charge in [-0.25, -0.2) is 0 Å². The fourth-order valence-corrected chi connectivity index (χ4v) is 0.945. The highest BCUT2D eigenvalue weighted by atomic mass is 32.1. The van der Waals surface area contributed by atoms with Crippen molar-refractivity contribution in [2.24, 2.45) is 0 Å². The van der Waals surface area contributed by atoms with E-state index in [2.05, 4.69) is 5.32 Å². The third-order valence-corrected chi connectivity index (χ3v) is 1.74. The van der Waals surface area contributed by atoms with E-state index in [0.717, 1.165) is 13.0 Å². The van der Waals surface area contributed by atoms with Gasteiger partial charge in [0, 0.05) is 6.54 Å². The van der Waals surface area contributed by atoms with Crippen LogP contribution in [0.3, 0.4) is 0 Å². The van der Waals surface area contributed by atoms with Gasteiger partial charge in [0.05, 0.1) is 12.1 Å². The summed E-state index contributed by atoms with van der Waals surface area (Å²) in [7, 11) is 0. The molecule has 0 unspecified atom stereocenters. The van der Waals surface area contributed by atoms with Crippen LogP contribution in [0, 0.1) is 22.7 Å². The molecule has 0 saturated carbocycles. The number of thiocarbonyl (C=S) groups is 1. The Labute approximate surface area is 83.7 Å². The Bertz CT molecular complexity index is 222. The first kappa shape index (κ1) is 11.7. The highest BCUT2D eigenvalue weighted by Crippen LogP contribution is 1.88. The first-order chi connectivity index (χ1) is 6.26. The number of nitrogens with zero attached hydrogens (tertiary/aromatic N) is 3. The normalized spacial score (nSPS) is 8.23. The molecule has 0 saturated heterocycles. The van der Waals surface area contributed by atoms with Crippen LogP contribution in [0.15, 0.2) is 0 Å². The zero-order valence-corrected chi connectivity index (χ0v) is 8.39. The highest BCUT2D eigenvalue weighted by molar-refractivity contribution is 7.80. The summed E-state index contributed by atoms with van der Waals surface area (Å²) in [4.78, 5) is 1.53. The summed E-state index contributed by atoms with van der Waals surface area (Å²) in [6.07, 6.45) is 0.965. The van der Waals surface area contributed by atoms with E-state index in [1.54, 1.807) is 0 Å². The molecule has 5 heteroatoms. The summed E-state index contributed by atoms with van der Waals surface area (Å²) >= 11 is 4.98. The molecule has 0 aliphatic heterocycles. The van der Waals surface area contributed by atoms with Gasteiger partial charge in [-0.1, -0.05) is 6.92 Å². The van der Waals surface area contributed by atoms with E-state index >= 15 is 0 Å². The number of rotatable bonds is 4. The Morgan fingerprint density at radius 3 is 2.31 bits per heavy atom. The molecule has 0 fully saturated rings. The lowest BCUT2D eigenvalue weighted by atomic mass is 10.5. The topological polar surface area (TPSA) is 62.9 Å². The minimum Gasteiger partial charge on any atom is -0.363 e. The molecule has 0 atom stereocenters. The highest BCUT2D eigenvalue weighted by Gasteiger charge is 2.06. The number of hydrogen-bond acceptors (Lipinski definition) is 3. The van der Waals surface area contributed by atoms with Crippen LogP contribution in [0.5, 0.6) is 0 Å². The van der Waals surface area contributed by atoms with Crippen molar-refractivity contribution in [3.63, 3.8) is 0 Å². The van der Waals surface area contributed by atoms with Gasteiger partial charge in [-0.3, -0.25) is 0 Å². The van der Waals surface area contributed by atoms with Crippen LogP contribution in [-0.2, 0) is 0 Å². The van der Waals surface area contributed by atoms with Gasteiger partial charge < -0.3 is 10.2 Å². The van der Waals surface area contributed by atoms with Gasteiger partial charge in [0.25, 0.3) is 0 Å². The Kier molecular flexibility index (Phi) is 6.58. The Morgan fingerprint density at radius 2 is 1.92 bits per heavy atom. The van der Waals surface area contributed by atoms with Crippen LogP contribution in [0.2, 0.25) is 0 Å². The summed E-state index contributed by atoms with van der Waals surface area (Å²) in [5.74, 6) is 0. The largest absolute Gasteiger partial charge is 0.363 e. The molecule has 0 aromatic rings. The molecule has 0 rings (SSSR count). The van der Waals surface area contributed by atoms with Gasteiger partial charge in [-0.15, -0.1) is 0 Å². The van der Waals surface area contributed by atoms with Crippen LogP contribution < -0.4 is 5.32 Å². The van der Waals surface area contributed by atoms with Gasteiger partial charge >= 0.3 is 0 Å². The molecule has 0 aromatic heterocycles. The number of nitrogens with one attached hydrogen (secondary N) is 1. The fourth-order valence-electron chi connectivity index (χ4n) is 0.714. The lowest BCUT2D eigenvalue weighted by Gasteiger charge is -2.19. The molecule has 0 radical (unpaired) electrons. The van der Waals surface area contributed by atoms with Gasteiger partial charge in [0.15, 0.2) is 5.11 Å². The molecule has 0 spiro atoms. The molecule has 0 aromatic carbocycles. The second-order valence-corrected chi connectivity index (χ2v) is 2.79. The molecule has 70 valence electrons. The average molecular weight is 196 g/mol. The zero-order valence-electron chi connectivity index (χ0n) is 7.58. The third kappa shape index (κ3) is 5.00. The molecule has 0 aliphatic rings. The van der Waals surface area contributed by atoms with Crippen molar-refractivity contribution in [2.75, 3.05) is 19.6 Å². The SMILES string of the molecule is CCCNC(=S)N(CC#N)CC#N. The van der Waals surface area contributed by atoms with Crippen molar-refractivity contribution in [1.29, 1.82) is 10.5 Å². The average Bonchev–Trinajstić information content (AvgIpc) is 2.14.